The van der Waals surface area contributed by atoms with E-state index in [1.807, 2.05) is 19.9 Å². The fourth-order valence-corrected chi connectivity index (χ4v) is 2.04. The SMILES string of the molecule is CC(NCC(C)S(C)=O)c1occc1Br. The number of halogens is 1. The van der Waals surface area contributed by atoms with Crippen LogP contribution in [-0.4, -0.2) is 22.3 Å². The Kier molecular flexibility index (Phi) is 5.02. The molecule has 1 rings (SSSR count). The van der Waals surface area contributed by atoms with Crippen molar-refractivity contribution in [2.45, 2.75) is 25.1 Å². The van der Waals surface area contributed by atoms with Crippen molar-refractivity contribution in [3.05, 3.63) is 22.6 Å². The van der Waals surface area contributed by atoms with Crippen LogP contribution in [0.25, 0.3) is 0 Å². The number of hydrogen-bond donors (Lipinski definition) is 1. The van der Waals surface area contributed by atoms with Gasteiger partial charge in [0.15, 0.2) is 0 Å². The van der Waals surface area contributed by atoms with E-state index in [0.29, 0.717) is 0 Å². The average molecular weight is 294 g/mol. The summed E-state index contributed by atoms with van der Waals surface area (Å²) < 4.78 is 17.4. The highest BCUT2D eigenvalue weighted by molar-refractivity contribution is 9.10. The molecule has 15 heavy (non-hydrogen) atoms. The van der Waals surface area contributed by atoms with E-state index in [2.05, 4.69) is 21.2 Å². The van der Waals surface area contributed by atoms with Gasteiger partial charge in [-0.1, -0.05) is 0 Å². The lowest BCUT2D eigenvalue weighted by molar-refractivity contribution is 0.429. The second kappa shape index (κ2) is 5.82. The highest BCUT2D eigenvalue weighted by atomic mass is 79.9. The molecule has 0 bridgehead atoms. The van der Waals surface area contributed by atoms with Gasteiger partial charge in [0.25, 0.3) is 0 Å². The molecule has 3 unspecified atom stereocenters. The van der Waals surface area contributed by atoms with E-state index in [1.54, 1.807) is 12.5 Å². The predicted molar refractivity (Wildman–Crippen MR) is 66.4 cm³/mol. The summed E-state index contributed by atoms with van der Waals surface area (Å²) in [5.74, 6) is 0.879. The minimum absolute atomic E-state index is 0.125. The molecular weight excluding hydrogens is 278 g/mol. The molecule has 0 spiro atoms. The smallest absolute Gasteiger partial charge is 0.134 e. The van der Waals surface area contributed by atoms with Crippen LogP contribution >= 0.6 is 15.9 Å². The third-order valence-corrected chi connectivity index (χ3v) is 4.27. The lowest BCUT2D eigenvalue weighted by Gasteiger charge is -2.15. The van der Waals surface area contributed by atoms with E-state index in [0.717, 1.165) is 16.8 Å². The fourth-order valence-electron chi connectivity index (χ4n) is 1.17. The van der Waals surface area contributed by atoms with E-state index in [4.69, 9.17) is 4.42 Å². The molecule has 3 atom stereocenters. The molecule has 1 aromatic rings. The third-order valence-electron chi connectivity index (χ3n) is 2.32. The molecule has 0 aromatic carbocycles. The van der Waals surface area contributed by atoms with Crippen molar-refractivity contribution in [2.75, 3.05) is 12.8 Å². The first-order valence-corrected chi connectivity index (χ1v) is 7.22. The second-order valence-electron chi connectivity index (χ2n) is 3.57. The largest absolute Gasteiger partial charge is 0.466 e. The lowest BCUT2D eigenvalue weighted by atomic mass is 10.2. The Balaban J connectivity index is 2.47. The van der Waals surface area contributed by atoms with Crippen LogP contribution in [0.2, 0.25) is 0 Å². The zero-order valence-electron chi connectivity index (χ0n) is 9.12. The van der Waals surface area contributed by atoms with Crippen LogP contribution in [0.4, 0.5) is 0 Å². The van der Waals surface area contributed by atoms with E-state index >= 15 is 0 Å². The van der Waals surface area contributed by atoms with Gasteiger partial charge in [-0.25, -0.2) is 0 Å². The number of hydrogen-bond acceptors (Lipinski definition) is 3. The van der Waals surface area contributed by atoms with Gasteiger partial charge in [-0.3, -0.25) is 4.21 Å². The standard InChI is InChI=1S/C10H16BrNO2S/c1-7(15(3)13)6-12-8(2)10-9(11)4-5-14-10/h4-5,7-8,12H,6H2,1-3H3. The van der Waals surface area contributed by atoms with Crippen molar-refractivity contribution in [1.29, 1.82) is 0 Å². The average Bonchev–Trinajstić information content (AvgIpc) is 2.60. The molecule has 3 nitrogen and oxygen atoms in total. The molecule has 1 N–H and O–H groups in total. The van der Waals surface area contributed by atoms with Gasteiger partial charge in [0.2, 0.25) is 0 Å². The molecule has 86 valence electrons. The van der Waals surface area contributed by atoms with Crippen LogP contribution in [-0.2, 0) is 10.8 Å². The zero-order valence-corrected chi connectivity index (χ0v) is 11.5. The van der Waals surface area contributed by atoms with Gasteiger partial charge < -0.3 is 9.73 Å². The molecule has 0 saturated heterocycles. The number of furan rings is 1. The maximum atomic E-state index is 11.1. The van der Waals surface area contributed by atoms with Crippen molar-refractivity contribution in [1.82, 2.24) is 5.32 Å². The van der Waals surface area contributed by atoms with Crippen molar-refractivity contribution < 1.29 is 8.63 Å². The Morgan fingerprint density at radius 2 is 2.27 bits per heavy atom. The quantitative estimate of drug-likeness (QED) is 0.907. The second-order valence-corrected chi connectivity index (χ2v) is 6.23. The van der Waals surface area contributed by atoms with Gasteiger partial charge in [-0.15, -0.1) is 0 Å². The molecule has 0 aliphatic carbocycles. The molecule has 0 aliphatic heterocycles. The first-order chi connectivity index (χ1) is 7.02. The summed E-state index contributed by atoms with van der Waals surface area (Å²) in [5.41, 5.74) is 0. The molecular formula is C10H16BrNO2S. The molecule has 1 heterocycles. The van der Waals surface area contributed by atoms with E-state index in [1.165, 1.54) is 0 Å². The van der Waals surface area contributed by atoms with Gasteiger partial charge >= 0.3 is 0 Å². The van der Waals surface area contributed by atoms with Gasteiger partial charge in [0, 0.05) is 28.9 Å². The van der Waals surface area contributed by atoms with Crippen molar-refractivity contribution in [2.24, 2.45) is 0 Å². The summed E-state index contributed by atoms with van der Waals surface area (Å²) in [6.45, 7) is 4.71. The van der Waals surface area contributed by atoms with Crippen molar-refractivity contribution >= 4 is 26.7 Å². The summed E-state index contributed by atoms with van der Waals surface area (Å²) in [4.78, 5) is 0. The summed E-state index contributed by atoms with van der Waals surface area (Å²) in [7, 11) is -0.784. The first kappa shape index (κ1) is 12.9. The Morgan fingerprint density at radius 1 is 1.60 bits per heavy atom. The third kappa shape index (κ3) is 3.74. The van der Waals surface area contributed by atoms with Crippen LogP contribution in [0.3, 0.4) is 0 Å². The van der Waals surface area contributed by atoms with Crippen molar-refractivity contribution in [3.8, 4) is 0 Å². The summed E-state index contributed by atoms with van der Waals surface area (Å²) in [5, 5.41) is 3.44. The molecule has 0 fully saturated rings. The monoisotopic (exact) mass is 293 g/mol. The minimum Gasteiger partial charge on any atom is -0.466 e. The predicted octanol–water partition coefficient (Wildman–Crippen LogP) is 2.46. The van der Waals surface area contributed by atoms with E-state index < -0.39 is 10.8 Å². The molecule has 0 saturated carbocycles. The van der Waals surface area contributed by atoms with Crippen LogP contribution < -0.4 is 5.32 Å². The van der Waals surface area contributed by atoms with Crippen LogP contribution in [0.15, 0.2) is 21.2 Å². The molecule has 1 aromatic heterocycles. The topological polar surface area (TPSA) is 42.2 Å². The normalized spacial score (nSPS) is 17.3. The highest BCUT2D eigenvalue weighted by Gasteiger charge is 2.14. The van der Waals surface area contributed by atoms with Gasteiger partial charge in [0.05, 0.1) is 16.8 Å². The Morgan fingerprint density at radius 3 is 2.73 bits per heavy atom. The fraction of sp³-hybridized carbons (Fsp3) is 0.600. The summed E-state index contributed by atoms with van der Waals surface area (Å²) >= 11 is 3.41. The Bertz CT molecular complexity index is 340. The van der Waals surface area contributed by atoms with Crippen molar-refractivity contribution in [3.63, 3.8) is 0 Å². The zero-order chi connectivity index (χ0) is 11.4. The summed E-state index contributed by atoms with van der Waals surface area (Å²) in [6, 6.07) is 2.00. The Hall–Kier alpha value is -0.130. The van der Waals surface area contributed by atoms with E-state index in [-0.39, 0.29) is 11.3 Å². The molecule has 0 amide bonds. The molecule has 0 aliphatic rings. The van der Waals surface area contributed by atoms with Gasteiger partial charge in [0.1, 0.15) is 5.76 Å². The first-order valence-electron chi connectivity index (χ1n) is 4.81. The minimum atomic E-state index is -0.784. The van der Waals surface area contributed by atoms with Crippen LogP contribution in [0, 0.1) is 0 Å². The van der Waals surface area contributed by atoms with Gasteiger partial charge in [-0.05, 0) is 35.8 Å². The number of nitrogens with one attached hydrogen (secondary N) is 1. The van der Waals surface area contributed by atoms with Gasteiger partial charge in [-0.2, -0.15) is 0 Å². The lowest BCUT2D eigenvalue weighted by Crippen LogP contribution is -2.29. The molecule has 0 radical (unpaired) electrons. The Labute approximate surface area is 101 Å². The maximum absolute atomic E-state index is 11.1. The summed E-state index contributed by atoms with van der Waals surface area (Å²) in [6.07, 6.45) is 3.37. The van der Waals surface area contributed by atoms with Crippen LogP contribution in [0.1, 0.15) is 25.6 Å². The van der Waals surface area contributed by atoms with Crippen LogP contribution in [0.5, 0.6) is 0 Å². The highest BCUT2D eigenvalue weighted by Crippen LogP contribution is 2.23. The van der Waals surface area contributed by atoms with E-state index in [9.17, 15) is 4.21 Å². The molecule has 5 heteroatoms. The maximum Gasteiger partial charge on any atom is 0.134 e. The number of rotatable bonds is 5.